The van der Waals surface area contributed by atoms with Crippen molar-refractivity contribution in [1.29, 1.82) is 0 Å². The van der Waals surface area contributed by atoms with Crippen LogP contribution < -0.4 is 14.2 Å². The standard InChI is InChI=1S/C17H18O6.C12H12F3NO2/c1-17(16(20)21)8-10(7-11(9-17)15(18)19)14-12(22-2)5-4-6-13(14)23-3;13-12(14,15)18-10-4-1-3-9(7-10)8-16-6-2-5-11(16)17/h4-8H,9H2,1-3H3,(H,18,19)(H,20,21);1,3-4,7H,2,5-6,8H2. The van der Waals surface area contributed by atoms with E-state index in [1.807, 2.05) is 0 Å². The average molecular weight is 578 g/mol. The SMILES string of the molecule is COc1cccc(OC)c1C1=CC(C)(C(=O)O)CC(C(=O)O)=C1.O=C1CCCN1Cc1cccc(OC(F)(F)F)c1. The topological polar surface area (TPSA) is 123 Å². The molecule has 1 aliphatic heterocycles. The van der Waals surface area contributed by atoms with Crippen LogP contribution in [0.15, 0.2) is 60.2 Å². The summed E-state index contributed by atoms with van der Waals surface area (Å²) in [5.74, 6) is -1.49. The summed E-state index contributed by atoms with van der Waals surface area (Å²) in [5.41, 5.74) is 0.326. The van der Waals surface area contributed by atoms with Crippen LogP contribution in [-0.2, 0) is 20.9 Å². The van der Waals surface area contributed by atoms with Crippen LogP contribution in [0.1, 0.15) is 37.3 Å². The number of alkyl halides is 3. The van der Waals surface area contributed by atoms with E-state index < -0.39 is 23.7 Å². The summed E-state index contributed by atoms with van der Waals surface area (Å²) in [6, 6.07) is 10.9. The van der Waals surface area contributed by atoms with E-state index in [1.54, 1.807) is 35.2 Å². The molecule has 41 heavy (non-hydrogen) atoms. The first-order valence-electron chi connectivity index (χ1n) is 12.5. The van der Waals surface area contributed by atoms with Crippen molar-refractivity contribution < 1.29 is 52.0 Å². The van der Waals surface area contributed by atoms with Gasteiger partial charge in [0.25, 0.3) is 0 Å². The number of ether oxygens (including phenoxy) is 3. The highest BCUT2D eigenvalue weighted by atomic mass is 19.4. The third kappa shape index (κ3) is 8.03. The molecule has 0 spiro atoms. The number of amides is 1. The van der Waals surface area contributed by atoms with Crippen LogP contribution >= 0.6 is 0 Å². The number of hydrogen-bond acceptors (Lipinski definition) is 6. The van der Waals surface area contributed by atoms with Gasteiger partial charge in [-0.15, -0.1) is 13.2 Å². The number of halogens is 3. The van der Waals surface area contributed by atoms with Gasteiger partial charge >= 0.3 is 18.3 Å². The number of carboxylic acid groups (broad SMARTS) is 2. The van der Waals surface area contributed by atoms with Crippen LogP contribution in [0.2, 0.25) is 0 Å². The molecule has 1 fully saturated rings. The molecule has 1 aliphatic carbocycles. The van der Waals surface area contributed by atoms with Gasteiger partial charge < -0.3 is 29.3 Å². The molecule has 1 heterocycles. The number of carbonyl (C=O) groups excluding carboxylic acids is 1. The fourth-order valence-corrected chi connectivity index (χ4v) is 4.56. The zero-order valence-corrected chi connectivity index (χ0v) is 22.7. The van der Waals surface area contributed by atoms with Gasteiger partial charge in [0.05, 0.1) is 25.2 Å². The van der Waals surface area contributed by atoms with Crippen molar-refractivity contribution >= 4 is 23.4 Å². The van der Waals surface area contributed by atoms with E-state index in [2.05, 4.69) is 4.74 Å². The van der Waals surface area contributed by atoms with Crippen molar-refractivity contribution in [2.75, 3.05) is 20.8 Å². The number of nitrogens with zero attached hydrogens (tertiary/aromatic N) is 1. The third-order valence-electron chi connectivity index (χ3n) is 6.52. The zero-order chi connectivity index (χ0) is 30.4. The van der Waals surface area contributed by atoms with Gasteiger partial charge in [0, 0.05) is 25.1 Å². The largest absolute Gasteiger partial charge is 0.573 e. The molecule has 2 aromatic carbocycles. The number of allylic oxidation sites excluding steroid dienone is 2. The molecule has 1 unspecified atom stereocenters. The summed E-state index contributed by atoms with van der Waals surface area (Å²) in [6.07, 6.45) is -0.452. The van der Waals surface area contributed by atoms with Gasteiger partial charge in [-0.25, -0.2) is 4.79 Å². The molecule has 1 saturated heterocycles. The predicted molar refractivity (Wildman–Crippen MR) is 141 cm³/mol. The Morgan fingerprint density at radius 3 is 2.20 bits per heavy atom. The van der Waals surface area contributed by atoms with Crippen LogP contribution in [0.25, 0.3) is 5.57 Å². The molecule has 0 bridgehead atoms. The molecule has 220 valence electrons. The Labute approximate surface area is 234 Å². The van der Waals surface area contributed by atoms with Gasteiger partial charge in [0.15, 0.2) is 0 Å². The van der Waals surface area contributed by atoms with Gasteiger partial charge in [-0.1, -0.05) is 24.3 Å². The second kappa shape index (κ2) is 12.8. The van der Waals surface area contributed by atoms with Crippen molar-refractivity contribution in [1.82, 2.24) is 4.90 Å². The van der Waals surface area contributed by atoms with E-state index in [0.717, 1.165) is 6.42 Å². The first-order valence-corrected chi connectivity index (χ1v) is 12.5. The lowest BCUT2D eigenvalue weighted by Gasteiger charge is -2.27. The Bertz CT molecular complexity index is 1350. The first-order chi connectivity index (χ1) is 19.3. The second-order valence-corrected chi connectivity index (χ2v) is 9.63. The molecule has 0 aromatic heterocycles. The number of methoxy groups -OCH3 is 2. The maximum atomic E-state index is 12.1. The maximum absolute atomic E-state index is 12.1. The van der Waals surface area contributed by atoms with Crippen molar-refractivity contribution in [3.05, 3.63) is 71.3 Å². The molecule has 9 nitrogen and oxygen atoms in total. The van der Waals surface area contributed by atoms with Crippen LogP contribution in [0, 0.1) is 5.41 Å². The molecule has 0 radical (unpaired) electrons. The van der Waals surface area contributed by atoms with Crippen LogP contribution in [-0.4, -0.2) is 60.1 Å². The summed E-state index contributed by atoms with van der Waals surface area (Å²) >= 11 is 0. The fraction of sp³-hybridized carbons (Fsp3) is 0.345. The highest BCUT2D eigenvalue weighted by Crippen LogP contribution is 2.43. The number of carboxylic acids is 2. The highest BCUT2D eigenvalue weighted by molar-refractivity contribution is 5.97. The lowest BCUT2D eigenvalue weighted by Crippen LogP contribution is -2.29. The summed E-state index contributed by atoms with van der Waals surface area (Å²) < 4.78 is 50.6. The van der Waals surface area contributed by atoms with Gasteiger partial charge in [0.2, 0.25) is 5.91 Å². The van der Waals surface area contributed by atoms with Gasteiger partial charge in [0.1, 0.15) is 17.2 Å². The summed E-state index contributed by atoms with van der Waals surface area (Å²) in [7, 11) is 2.97. The Balaban J connectivity index is 0.000000232. The monoisotopic (exact) mass is 577 g/mol. The molecule has 1 atom stereocenters. The lowest BCUT2D eigenvalue weighted by molar-refractivity contribution is -0.274. The molecule has 2 aromatic rings. The molecular formula is C29H30F3NO8. The molecule has 2 aliphatic rings. The number of carbonyl (C=O) groups is 3. The summed E-state index contributed by atoms with van der Waals surface area (Å²) in [6.45, 7) is 2.48. The number of rotatable bonds is 8. The van der Waals surface area contributed by atoms with Crippen molar-refractivity contribution in [3.8, 4) is 17.2 Å². The fourth-order valence-electron chi connectivity index (χ4n) is 4.56. The van der Waals surface area contributed by atoms with Crippen LogP contribution in [0.3, 0.4) is 0 Å². The molecule has 1 amide bonds. The van der Waals surface area contributed by atoms with Crippen molar-refractivity contribution in [3.63, 3.8) is 0 Å². The zero-order valence-electron chi connectivity index (χ0n) is 22.7. The molecule has 0 saturated carbocycles. The predicted octanol–water partition coefficient (Wildman–Crippen LogP) is 5.30. The van der Waals surface area contributed by atoms with Gasteiger partial charge in [-0.3, -0.25) is 9.59 Å². The molecular weight excluding hydrogens is 547 g/mol. The minimum absolute atomic E-state index is 0.0281. The third-order valence-corrected chi connectivity index (χ3v) is 6.52. The van der Waals surface area contributed by atoms with Crippen molar-refractivity contribution in [2.24, 2.45) is 5.41 Å². The molecule has 12 heteroatoms. The lowest BCUT2D eigenvalue weighted by atomic mass is 9.76. The molecule has 2 N–H and O–H groups in total. The Hall–Kier alpha value is -4.48. The molecule has 4 rings (SSSR count). The van der Waals surface area contributed by atoms with Gasteiger partial charge in [-0.2, -0.15) is 0 Å². The van der Waals surface area contributed by atoms with E-state index in [0.29, 0.717) is 47.7 Å². The van der Waals surface area contributed by atoms with E-state index in [-0.39, 0.29) is 23.7 Å². The Kier molecular flexibility index (Phi) is 9.69. The van der Waals surface area contributed by atoms with E-state index in [9.17, 15) is 37.8 Å². The minimum Gasteiger partial charge on any atom is -0.496 e. The number of likely N-dealkylation sites (tertiary alicyclic amines) is 1. The van der Waals surface area contributed by atoms with E-state index in [1.165, 1.54) is 45.4 Å². The minimum atomic E-state index is -4.69. The normalized spacial score (nSPS) is 18.5. The van der Waals surface area contributed by atoms with Crippen LogP contribution in [0.5, 0.6) is 17.2 Å². The quantitative estimate of drug-likeness (QED) is 0.434. The number of benzene rings is 2. The number of aliphatic carboxylic acids is 2. The summed E-state index contributed by atoms with van der Waals surface area (Å²) in [5, 5.41) is 18.8. The number of hydrogen-bond donors (Lipinski definition) is 2. The first kappa shape index (κ1) is 31.1. The summed E-state index contributed by atoms with van der Waals surface area (Å²) in [4.78, 5) is 36.0. The highest BCUT2D eigenvalue weighted by Gasteiger charge is 2.37. The second-order valence-electron chi connectivity index (χ2n) is 9.63. The Morgan fingerprint density at radius 2 is 1.68 bits per heavy atom. The van der Waals surface area contributed by atoms with E-state index >= 15 is 0 Å². The maximum Gasteiger partial charge on any atom is 0.573 e. The van der Waals surface area contributed by atoms with Crippen molar-refractivity contribution in [2.45, 2.75) is 39.1 Å². The smallest absolute Gasteiger partial charge is 0.496 e. The van der Waals surface area contributed by atoms with Crippen LogP contribution in [0.4, 0.5) is 13.2 Å². The Morgan fingerprint density at radius 1 is 1.05 bits per heavy atom. The van der Waals surface area contributed by atoms with Gasteiger partial charge in [-0.05, 0) is 61.2 Å². The average Bonchev–Trinajstić information content (AvgIpc) is 3.31. The van der Waals surface area contributed by atoms with E-state index in [4.69, 9.17) is 9.47 Å².